The maximum atomic E-state index is 13.7. The number of halogens is 3. The number of alkyl halides is 3. The van der Waals surface area contributed by atoms with Crippen molar-refractivity contribution in [2.75, 3.05) is 42.3 Å². The number of hydrogen-bond acceptors (Lipinski definition) is 7. The van der Waals surface area contributed by atoms with E-state index in [9.17, 15) is 26.4 Å². The zero-order valence-electron chi connectivity index (χ0n) is 23.5. The number of piperidine rings is 1. The van der Waals surface area contributed by atoms with Gasteiger partial charge in [0.05, 0.1) is 22.3 Å². The number of rotatable bonds is 5. The monoisotopic (exact) mass is 599 g/mol. The van der Waals surface area contributed by atoms with Gasteiger partial charge in [0, 0.05) is 38.8 Å². The molecular weight excluding hydrogens is 563 g/mol. The first-order valence-corrected chi connectivity index (χ1v) is 14.8. The smallest absolute Gasteiger partial charge is 0.475 e. The Morgan fingerprint density at radius 1 is 1.02 bits per heavy atom. The van der Waals surface area contributed by atoms with Crippen molar-refractivity contribution >= 4 is 33.4 Å². The second-order valence-electron chi connectivity index (χ2n) is 10.3. The van der Waals surface area contributed by atoms with Crippen molar-refractivity contribution in [1.82, 2.24) is 15.2 Å². The van der Waals surface area contributed by atoms with E-state index in [1.807, 2.05) is 24.8 Å². The zero-order chi connectivity index (χ0) is 30.5. The molecule has 4 rings (SSSR count). The van der Waals surface area contributed by atoms with E-state index in [4.69, 9.17) is 9.90 Å². The van der Waals surface area contributed by atoms with E-state index in [2.05, 4.69) is 26.8 Å². The van der Waals surface area contributed by atoms with Crippen molar-refractivity contribution in [3.63, 3.8) is 0 Å². The SMILES string of the molecule is Cc1cc(C)c(S(=O)(=O)Nc2cnc(N3CCNCC3)c(C(=O)N3CCCCC3C)c2)cc1C.O=C(O)C(F)(F)F. The standard InChI is InChI=1S/C25H35N5O3S.C2HF3O2/c1-17-13-19(3)23(14-18(17)2)34(32,33)28-21-15-22(25(31)30-10-6-5-7-20(30)4)24(27-16-21)29-11-8-26-9-12-29;3-2(4,5)1(6)7/h13-16,20,26,28H,5-12H2,1-4H3;(H,6,7). The number of carboxylic acid groups (broad SMARTS) is 1. The van der Waals surface area contributed by atoms with Crippen LogP contribution in [0, 0.1) is 20.8 Å². The maximum Gasteiger partial charge on any atom is 0.490 e. The number of anilines is 2. The first-order chi connectivity index (χ1) is 19.1. The van der Waals surface area contributed by atoms with Crippen molar-refractivity contribution in [2.45, 2.75) is 64.1 Å². The lowest BCUT2D eigenvalue weighted by Gasteiger charge is -2.35. The number of sulfonamides is 1. The summed E-state index contributed by atoms with van der Waals surface area (Å²) >= 11 is 0. The first kappa shape index (κ1) is 32.1. The lowest BCUT2D eigenvalue weighted by Crippen LogP contribution is -2.46. The van der Waals surface area contributed by atoms with Gasteiger partial charge in [0.25, 0.3) is 15.9 Å². The van der Waals surface area contributed by atoms with Crippen LogP contribution in [-0.2, 0) is 14.8 Å². The van der Waals surface area contributed by atoms with Crippen LogP contribution in [0.25, 0.3) is 0 Å². The highest BCUT2D eigenvalue weighted by atomic mass is 32.2. The largest absolute Gasteiger partial charge is 0.490 e. The molecule has 3 N–H and O–H groups in total. The number of nitrogens with zero attached hydrogens (tertiary/aromatic N) is 3. The minimum Gasteiger partial charge on any atom is -0.475 e. The molecule has 2 fully saturated rings. The molecule has 41 heavy (non-hydrogen) atoms. The molecule has 1 atom stereocenters. The van der Waals surface area contributed by atoms with E-state index in [-0.39, 0.29) is 16.8 Å². The molecule has 0 spiro atoms. The van der Waals surface area contributed by atoms with E-state index >= 15 is 0 Å². The van der Waals surface area contributed by atoms with E-state index < -0.39 is 22.2 Å². The molecule has 0 aliphatic carbocycles. The van der Waals surface area contributed by atoms with Gasteiger partial charge in [-0.05, 0) is 75.8 Å². The molecule has 1 aromatic heterocycles. The molecule has 2 saturated heterocycles. The first-order valence-electron chi connectivity index (χ1n) is 13.3. The van der Waals surface area contributed by atoms with Crippen LogP contribution >= 0.6 is 0 Å². The van der Waals surface area contributed by atoms with Gasteiger partial charge in [-0.1, -0.05) is 6.07 Å². The molecule has 2 aromatic rings. The number of benzene rings is 1. The summed E-state index contributed by atoms with van der Waals surface area (Å²) in [5.41, 5.74) is 3.38. The Kier molecular flexibility index (Phi) is 10.2. The molecule has 0 saturated carbocycles. The molecule has 0 bridgehead atoms. The lowest BCUT2D eigenvalue weighted by molar-refractivity contribution is -0.192. The van der Waals surface area contributed by atoms with Gasteiger partial charge in [0.15, 0.2) is 0 Å². The number of carboxylic acids is 1. The summed E-state index contributed by atoms with van der Waals surface area (Å²) in [6, 6.07) is 5.37. The summed E-state index contributed by atoms with van der Waals surface area (Å²) in [5, 5.41) is 10.4. The topological polar surface area (TPSA) is 132 Å². The highest BCUT2D eigenvalue weighted by Gasteiger charge is 2.38. The van der Waals surface area contributed by atoms with Gasteiger partial charge in [0.2, 0.25) is 0 Å². The van der Waals surface area contributed by atoms with Gasteiger partial charge in [-0.25, -0.2) is 18.2 Å². The number of piperazine rings is 1. The second-order valence-corrected chi connectivity index (χ2v) is 11.9. The van der Waals surface area contributed by atoms with Crippen molar-refractivity contribution in [1.29, 1.82) is 0 Å². The van der Waals surface area contributed by atoms with Crippen molar-refractivity contribution in [3.05, 3.63) is 46.6 Å². The average Bonchev–Trinajstić information content (AvgIpc) is 2.90. The summed E-state index contributed by atoms with van der Waals surface area (Å²) in [6.07, 6.45) is -0.504. The van der Waals surface area contributed by atoms with Gasteiger partial charge in [-0.2, -0.15) is 13.2 Å². The zero-order valence-corrected chi connectivity index (χ0v) is 24.3. The molecule has 3 heterocycles. The quantitative estimate of drug-likeness (QED) is 0.472. The minimum absolute atomic E-state index is 0.0864. The molecule has 10 nitrogen and oxygen atoms in total. The summed E-state index contributed by atoms with van der Waals surface area (Å²) in [5.74, 6) is -2.22. The third-order valence-electron chi connectivity index (χ3n) is 7.15. The number of carbonyl (C=O) groups is 2. The fraction of sp³-hybridized carbons (Fsp3) is 0.519. The molecular formula is C27H36F3N5O5S. The normalized spacial score (nSPS) is 17.9. The Hall–Kier alpha value is -3.39. The Labute approximate surface area is 238 Å². The van der Waals surface area contributed by atoms with Crippen LogP contribution in [0.3, 0.4) is 0 Å². The van der Waals surface area contributed by atoms with Gasteiger partial charge in [-0.15, -0.1) is 0 Å². The molecule has 2 aliphatic heterocycles. The lowest BCUT2D eigenvalue weighted by atomic mass is 10.0. The number of amides is 1. The minimum atomic E-state index is -5.08. The van der Waals surface area contributed by atoms with Crippen molar-refractivity contribution in [2.24, 2.45) is 0 Å². The van der Waals surface area contributed by atoms with Gasteiger partial charge in [0.1, 0.15) is 5.82 Å². The molecule has 1 unspecified atom stereocenters. The number of carbonyl (C=O) groups excluding carboxylic acids is 1. The highest BCUT2D eigenvalue weighted by Crippen LogP contribution is 2.29. The van der Waals surface area contributed by atoms with Crippen LogP contribution in [0.2, 0.25) is 0 Å². The fourth-order valence-electron chi connectivity index (χ4n) is 4.79. The molecule has 226 valence electrons. The number of pyridine rings is 1. The van der Waals surface area contributed by atoms with E-state index in [0.717, 1.165) is 56.6 Å². The van der Waals surface area contributed by atoms with Crippen LogP contribution in [0.15, 0.2) is 29.3 Å². The highest BCUT2D eigenvalue weighted by molar-refractivity contribution is 7.92. The number of aryl methyl sites for hydroxylation is 3. The van der Waals surface area contributed by atoms with E-state index in [1.54, 1.807) is 19.1 Å². The van der Waals surface area contributed by atoms with E-state index in [1.165, 1.54) is 6.20 Å². The maximum absolute atomic E-state index is 13.7. The Balaban J connectivity index is 0.000000587. The number of aliphatic carboxylic acids is 1. The van der Waals surface area contributed by atoms with Crippen molar-refractivity contribution in [3.8, 4) is 0 Å². The second kappa shape index (κ2) is 13.1. The Morgan fingerprint density at radius 2 is 1.63 bits per heavy atom. The number of nitrogens with one attached hydrogen (secondary N) is 2. The molecule has 1 aromatic carbocycles. The van der Waals surface area contributed by atoms with Crippen molar-refractivity contribution < 1.29 is 36.3 Å². The predicted octanol–water partition coefficient (Wildman–Crippen LogP) is 3.87. The van der Waals surface area contributed by atoms with Gasteiger partial charge >= 0.3 is 12.1 Å². The average molecular weight is 600 g/mol. The van der Waals surface area contributed by atoms with Gasteiger partial charge < -0.3 is 20.2 Å². The predicted molar refractivity (Wildman–Crippen MR) is 149 cm³/mol. The Morgan fingerprint density at radius 3 is 2.22 bits per heavy atom. The summed E-state index contributed by atoms with van der Waals surface area (Å²) in [7, 11) is -3.84. The molecule has 2 aliphatic rings. The third-order valence-corrected chi connectivity index (χ3v) is 8.68. The third kappa shape index (κ3) is 8.09. The van der Waals surface area contributed by atoms with Crippen LogP contribution in [0.5, 0.6) is 0 Å². The fourth-order valence-corrected chi connectivity index (χ4v) is 6.13. The summed E-state index contributed by atoms with van der Waals surface area (Å²) in [6.45, 7) is 11.6. The van der Waals surface area contributed by atoms with Crippen LogP contribution in [0.4, 0.5) is 24.7 Å². The van der Waals surface area contributed by atoms with Gasteiger partial charge in [-0.3, -0.25) is 9.52 Å². The molecule has 1 amide bonds. The van der Waals surface area contributed by atoms with Crippen LogP contribution < -0.4 is 14.9 Å². The summed E-state index contributed by atoms with van der Waals surface area (Å²) < 4.78 is 60.9. The Bertz CT molecular complexity index is 1380. The molecule has 14 heteroatoms. The number of hydrogen-bond donors (Lipinski definition) is 3. The number of aromatic nitrogens is 1. The van der Waals surface area contributed by atoms with Crippen LogP contribution in [-0.4, -0.2) is 80.2 Å². The van der Waals surface area contributed by atoms with Crippen LogP contribution in [0.1, 0.15) is 53.2 Å². The summed E-state index contributed by atoms with van der Waals surface area (Å²) in [4.78, 5) is 31.4. The van der Waals surface area contributed by atoms with E-state index in [0.29, 0.717) is 29.2 Å². The number of likely N-dealkylation sites (tertiary alicyclic amines) is 1. The molecule has 0 radical (unpaired) electrons.